The molecule has 3 rings (SSSR count). The third kappa shape index (κ3) is 3.89. The van der Waals surface area contributed by atoms with Gasteiger partial charge >= 0.3 is 0 Å². The fourth-order valence-corrected chi connectivity index (χ4v) is 3.01. The standard InChI is InChI=1S/C17H20ClN3O/c18-14-6-4-13(5-7-14)2-1-3-17(22)20-15-8-9-16-19-10-11-21(16)12-15/h4-7,10-11,15H,1-3,8-9,12H2,(H,20,22)/t15-/m1/s1. The van der Waals surface area contributed by atoms with Crippen LogP contribution >= 0.6 is 11.6 Å². The van der Waals surface area contributed by atoms with Crippen LogP contribution in [-0.4, -0.2) is 21.5 Å². The minimum Gasteiger partial charge on any atom is -0.352 e. The summed E-state index contributed by atoms with van der Waals surface area (Å²) in [4.78, 5) is 16.3. The van der Waals surface area contributed by atoms with Crippen molar-refractivity contribution in [1.82, 2.24) is 14.9 Å². The molecule has 0 saturated carbocycles. The molecule has 1 aromatic carbocycles. The van der Waals surface area contributed by atoms with Gasteiger partial charge in [-0.2, -0.15) is 0 Å². The summed E-state index contributed by atoms with van der Waals surface area (Å²) in [5.41, 5.74) is 1.22. The Balaban J connectivity index is 1.40. The second kappa shape index (κ2) is 6.97. The predicted molar refractivity (Wildman–Crippen MR) is 86.9 cm³/mol. The first-order valence-electron chi connectivity index (χ1n) is 7.74. The molecule has 5 heteroatoms. The maximum Gasteiger partial charge on any atom is 0.220 e. The van der Waals surface area contributed by atoms with Gasteiger partial charge in [0, 0.05) is 42.8 Å². The van der Waals surface area contributed by atoms with E-state index in [0.29, 0.717) is 6.42 Å². The van der Waals surface area contributed by atoms with Gasteiger partial charge in [0.15, 0.2) is 0 Å². The number of carbonyl (C=O) groups is 1. The van der Waals surface area contributed by atoms with Gasteiger partial charge in [-0.05, 0) is 37.0 Å². The van der Waals surface area contributed by atoms with Gasteiger partial charge in [-0.1, -0.05) is 23.7 Å². The van der Waals surface area contributed by atoms with Crippen molar-refractivity contribution in [3.8, 4) is 0 Å². The lowest BCUT2D eigenvalue weighted by Crippen LogP contribution is -2.40. The van der Waals surface area contributed by atoms with Gasteiger partial charge < -0.3 is 9.88 Å². The zero-order chi connectivity index (χ0) is 15.4. The lowest BCUT2D eigenvalue weighted by molar-refractivity contribution is -0.122. The molecule has 0 unspecified atom stereocenters. The number of halogens is 1. The zero-order valence-electron chi connectivity index (χ0n) is 12.5. The maximum atomic E-state index is 12.0. The number of nitrogens with one attached hydrogen (secondary N) is 1. The Morgan fingerprint density at radius 1 is 1.36 bits per heavy atom. The topological polar surface area (TPSA) is 46.9 Å². The van der Waals surface area contributed by atoms with Crippen LogP contribution in [0.2, 0.25) is 5.02 Å². The van der Waals surface area contributed by atoms with Crippen LogP contribution in [0.1, 0.15) is 30.7 Å². The largest absolute Gasteiger partial charge is 0.352 e. The van der Waals surface area contributed by atoms with Crippen LogP contribution in [0, 0.1) is 0 Å². The Kier molecular flexibility index (Phi) is 4.78. The lowest BCUT2D eigenvalue weighted by Gasteiger charge is -2.24. The molecular formula is C17H20ClN3O. The van der Waals surface area contributed by atoms with Crippen LogP contribution in [0.3, 0.4) is 0 Å². The van der Waals surface area contributed by atoms with E-state index in [9.17, 15) is 4.79 Å². The number of fused-ring (bicyclic) bond motifs is 1. The maximum absolute atomic E-state index is 12.0. The van der Waals surface area contributed by atoms with E-state index in [1.807, 2.05) is 36.7 Å². The average molecular weight is 318 g/mol. The second-order valence-corrected chi connectivity index (χ2v) is 6.22. The van der Waals surface area contributed by atoms with Crippen molar-refractivity contribution in [3.63, 3.8) is 0 Å². The molecule has 4 nitrogen and oxygen atoms in total. The van der Waals surface area contributed by atoms with E-state index in [2.05, 4.69) is 14.9 Å². The fraction of sp³-hybridized carbons (Fsp3) is 0.412. The number of benzene rings is 1. The highest BCUT2D eigenvalue weighted by molar-refractivity contribution is 6.30. The van der Waals surface area contributed by atoms with Gasteiger partial charge in [0.2, 0.25) is 5.91 Å². The average Bonchev–Trinajstić information content (AvgIpc) is 2.97. The minimum atomic E-state index is 0.141. The van der Waals surface area contributed by atoms with Crippen LogP contribution in [-0.2, 0) is 24.2 Å². The predicted octanol–water partition coefficient (Wildman–Crippen LogP) is 2.99. The molecular weight excluding hydrogens is 298 g/mol. The van der Waals surface area contributed by atoms with E-state index in [4.69, 9.17) is 11.6 Å². The summed E-state index contributed by atoms with van der Waals surface area (Å²) in [6, 6.07) is 8.04. The molecule has 1 aliphatic heterocycles. The third-order valence-electron chi connectivity index (χ3n) is 4.08. The molecule has 0 bridgehead atoms. The summed E-state index contributed by atoms with van der Waals surface area (Å²) in [5, 5.41) is 3.88. The number of hydrogen-bond acceptors (Lipinski definition) is 2. The van der Waals surface area contributed by atoms with Crippen molar-refractivity contribution >= 4 is 17.5 Å². The van der Waals surface area contributed by atoms with Gasteiger partial charge in [-0.3, -0.25) is 4.79 Å². The van der Waals surface area contributed by atoms with Crippen LogP contribution in [0.15, 0.2) is 36.7 Å². The summed E-state index contributed by atoms with van der Waals surface area (Å²) in [6.07, 6.45) is 8.04. The van der Waals surface area contributed by atoms with E-state index in [1.165, 1.54) is 5.56 Å². The SMILES string of the molecule is O=C(CCCc1ccc(Cl)cc1)N[C@@H]1CCc2nccn2C1. The van der Waals surface area contributed by atoms with Crippen molar-refractivity contribution in [3.05, 3.63) is 53.1 Å². The summed E-state index contributed by atoms with van der Waals surface area (Å²) >= 11 is 5.86. The Morgan fingerprint density at radius 2 is 2.18 bits per heavy atom. The molecule has 1 amide bonds. The normalized spacial score (nSPS) is 17.0. The van der Waals surface area contributed by atoms with Gasteiger partial charge in [0.1, 0.15) is 5.82 Å². The molecule has 22 heavy (non-hydrogen) atoms. The molecule has 1 atom stereocenters. The molecule has 1 aromatic heterocycles. The first-order valence-corrected chi connectivity index (χ1v) is 8.12. The second-order valence-electron chi connectivity index (χ2n) is 5.78. The van der Waals surface area contributed by atoms with Crippen molar-refractivity contribution in [1.29, 1.82) is 0 Å². The van der Waals surface area contributed by atoms with E-state index in [-0.39, 0.29) is 11.9 Å². The van der Waals surface area contributed by atoms with Crippen LogP contribution in [0.25, 0.3) is 0 Å². The number of hydrogen-bond donors (Lipinski definition) is 1. The van der Waals surface area contributed by atoms with Crippen LogP contribution < -0.4 is 5.32 Å². The summed E-state index contributed by atoms with van der Waals surface area (Å²) in [6.45, 7) is 0.832. The van der Waals surface area contributed by atoms with Gasteiger partial charge in [-0.25, -0.2) is 4.98 Å². The highest BCUT2D eigenvalue weighted by Crippen LogP contribution is 2.14. The van der Waals surface area contributed by atoms with Crippen molar-refractivity contribution in [2.45, 2.75) is 44.7 Å². The lowest BCUT2D eigenvalue weighted by atomic mass is 10.1. The van der Waals surface area contributed by atoms with Crippen molar-refractivity contribution in [2.75, 3.05) is 0 Å². The van der Waals surface area contributed by atoms with Crippen LogP contribution in [0.5, 0.6) is 0 Å². The number of aromatic nitrogens is 2. The molecule has 0 aliphatic carbocycles. The Labute approximate surface area is 135 Å². The van der Waals surface area contributed by atoms with Crippen LogP contribution in [0.4, 0.5) is 0 Å². The number of carbonyl (C=O) groups excluding carboxylic acids is 1. The minimum absolute atomic E-state index is 0.141. The Bertz CT molecular complexity index is 636. The van der Waals surface area contributed by atoms with E-state index < -0.39 is 0 Å². The van der Waals surface area contributed by atoms with Crippen molar-refractivity contribution < 1.29 is 4.79 Å². The van der Waals surface area contributed by atoms with E-state index >= 15 is 0 Å². The van der Waals surface area contributed by atoms with E-state index in [0.717, 1.165) is 43.1 Å². The van der Waals surface area contributed by atoms with E-state index in [1.54, 1.807) is 0 Å². The first kappa shape index (κ1) is 15.1. The number of nitrogens with zero attached hydrogens (tertiary/aromatic N) is 2. The number of amides is 1. The molecule has 0 fully saturated rings. The first-order chi connectivity index (χ1) is 10.7. The molecule has 0 spiro atoms. The highest BCUT2D eigenvalue weighted by atomic mass is 35.5. The molecule has 1 aliphatic rings. The monoisotopic (exact) mass is 317 g/mol. The van der Waals surface area contributed by atoms with Gasteiger partial charge in [0.25, 0.3) is 0 Å². The molecule has 0 saturated heterocycles. The zero-order valence-corrected chi connectivity index (χ0v) is 13.2. The molecule has 116 valence electrons. The van der Waals surface area contributed by atoms with Gasteiger partial charge in [0.05, 0.1) is 0 Å². The summed E-state index contributed by atoms with van der Waals surface area (Å²) in [5.74, 6) is 1.26. The fourth-order valence-electron chi connectivity index (χ4n) is 2.89. The Morgan fingerprint density at radius 3 is 3.00 bits per heavy atom. The highest BCUT2D eigenvalue weighted by Gasteiger charge is 2.19. The molecule has 2 heterocycles. The van der Waals surface area contributed by atoms with Crippen molar-refractivity contribution in [2.24, 2.45) is 0 Å². The molecule has 0 radical (unpaired) electrons. The third-order valence-corrected chi connectivity index (χ3v) is 4.33. The molecule has 1 N–H and O–H groups in total. The van der Waals surface area contributed by atoms with Gasteiger partial charge in [-0.15, -0.1) is 0 Å². The number of imidazole rings is 1. The summed E-state index contributed by atoms with van der Waals surface area (Å²) in [7, 11) is 0. The summed E-state index contributed by atoms with van der Waals surface area (Å²) < 4.78 is 2.13. The smallest absolute Gasteiger partial charge is 0.220 e. The quantitative estimate of drug-likeness (QED) is 0.921. The number of aryl methyl sites for hydroxylation is 2. The Hall–Kier alpha value is -1.81. The number of rotatable bonds is 5. The molecule has 2 aromatic rings.